The van der Waals surface area contributed by atoms with E-state index in [4.69, 9.17) is 23.2 Å². The van der Waals surface area contributed by atoms with Gasteiger partial charge in [0, 0.05) is 11.3 Å². The van der Waals surface area contributed by atoms with Gasteiger partial charge in [-0.05, 0) is 38.5 Å². The predicted molar refractivity (Wildman–Crippen MR) is 102 cm³/mol. The van der Waals surface area contributed by atoms with Crippen molar-refractivity contribution in [1.29, 1.82) is 0 Å². The summed E-state index contributed by atoms with van der Waals surface area (Å²) in [4.78, 5) is 0. The quantitative estimate of drug-likeness (QED) is 0.627. The Labute approximate surface area is 156 Å². The number of aryl methyl sites for hydroxylation is 1. The molecule has 0 amide bonds. The molecule has 1 N–H and O–H groups in total. The van der Waals surface area contributed by atoms with Gasteiger partial charge in [0.25, 0.3) is 0 Å². The van der Waals surface area contributed by atoms with E-state index in [9.17, 15) is 8.42 Å². The number of hydrogen-bond acceptors (Lipinski definition) is 5. The second-order valence-corrected chi connectivity index (χ2v) is 9.13. The molecule has 2 heterocycles. The van der Waals surface area contributed by atoms with E-state index in [0.29, 0.717) is 16.5 Å². The van der Waals surface area contributed by atoms with Crippen LogP contribution in [0.25, 0.3) is 0 Å². The number of anilines is 1. The van der Waals surface area contributed by atoms with E-state index in [1.165, 1.54) is 0 Å². The van der Waals surface area contributed by atoms with Gasteiger partial charge in [0.15, 0.2) is 9.84 Å². The van der Waals surface area contributed by atoms with Crippen LogP contribution in [-0.2, 0) is 9.84 Å². The Kier molecular flexibility index (Phi) is 5.09. The Morgan fingerprint density at radius 1 is 1.32 bits per heavy atom. The van der Waals surface area contributed by atoms with E-state index in [-0.39, 0.29) is 17.5 Å². The van der Waals surface area contributed by atoms with Gasteiger partial charge in [-0.2, -0.15) is 10.2 Å². The number of hydrogen-bond donors (Lipinski definition) is 1. The van der Waals surface area contributed by atoms with Gasteiger partial charge in [0.1, 0.15) is 0 Å². The molecule has 1 aliphatic rings. The standard InChI is InChI=1S/C16H18Cl2N4O2S/c1-10-14(8-19-20-12-3-4-15(17)16(18)7-12)11(2)22(21-10)13-5-6-25(23,24)9-13/h3-4,7-8,13,20H,5-6,9H2,1-2H3/b19-8-/t13-/m1/s1. The molecule has 1 aromatic heterocycles. The Hall–Kier alpha value is -1.57. The van der Waals surface area contributed by atoms with Crippen LogP contribution < -0.4 is 5.43 Å². The fraction of sp³-hybridized carbons (Fsp3) is 0.375. The van der Waals surface area contributed by atoms with Gasteiger partial charge in [-0.3, -0.25) is 10.1 Å². The third-order valence-corrected chi connectivity index (χ3v) is 6.73. The highest BCUT2D eigenvalue weighted by molar-refractivity contribution is 7.91. The number of rotatable bonds is 4. The van der Waals surface area contributed by atoms with Crippen molar-refractivity contribution in [3.63, 3.8) is 0 Å². The van der Waals surface area contributed by atoms with Crippen LogP contribution in [0, 0.1) is 13.8 Å². The van der Waals surface area contributed by atoms with Gasteiger partial charge in [-0.25, -0.2) is 8.42 Å². The number of nitrogens with zero attached hydrogens (tertiary/aromatic N) is 3. The maximum atomic E-state index is 11.7. The summed E-state index contributed by atoms with van der Waals surface area (Å²) in [6, 6.07) is 5.05. The van der Waals surface area contributed by atoms with Gasteiger partial charge < -0.3 is 0 Å². The minimum absolute atomic E-state index is 0.103. The SMILES string of the molecule is Cc1nn([C@@H]2CCS(=O)(=O)C2)c(C)c1/C=N\Nc1ccc(Cl)c(Cl)c1. The molecule has 0 unspecified atom stereocenters. The molecule has 25 heavy (non-hydrogen) atoms. The lowest BCUT2D eigenvalue weighted by Gasteiger charge is -2.10. The van der Waals surface area contributed by atoms with Crippen molar-refractivity contribution in [2.75, 3.05) is 16.9 Å². The minimum atomic E-state index is -2.95. The Morgan fingerprint density at radius 2 is 2.08 bits per heavy atom. The zero-order valence-corrected chi connectivity index (χ0v) is 16.2. The largest absolute Gasteiger partial charge is 0.278 e. The van der Waals surface area contributed by atoms with Crippen molar-refractivity contribution < 1.29 is 8.42 Å². The monoisotopic (exact) mass is 400 g/mol. The van der Waals surface area contributed by atoms with Crippen molar-refractivity contribution >= 4 is 44.9 Å². The minimum Gasteiger partial charge on any atom is -0.278 e. The highest BCUT2D eigenvalue weighted by Gasteiger charge is 2.31. The van der Waals surface area contributed by atoms with Gasteiger partial charge >= 0.3 is 0 Å². The van der Waals surface area contributed by atoms with Crippen LogP contribution in [0.2, 0.25) is 10.0 Å². The summed E-state index contributed by atoms with van der Waals surface area (Å²) in [6.45, 7) is 3.80. The van der Waals surface area contributed by atoms with Crippen LogP contribution in [0.3, 0.4) is 0 Å². The lowest BCUT2D eigenvalue weighted by Crippen LogP contribution is -2.14. The van der Waals surface area contributed by atoms with Crippen molar-refractivity contribution in [2.45, 2.75) is 26.3 Å². The fourth-order valence-corrected chi connectivity index (χ4v) is 4.91. The summed E-state index contributed by atoms with van der Waals surface area (Å²) in [5, 5.41) is 9.66. The molecular weight excluding hydrogens is 383 g/mol. The third kappa shape index (κ3) is 3.99. The first kappa shape index (κ1) is 18.2. The first-order valence-corrected chi connectivity index (χ1v) is 10.3. The summed E-state index contributed by atoms with van der Waals surface area (Å²) in [6.07, 6.45) is 2.28. The average molecular weight is 401 g/mol. The molecule has 0 bridgehead atoms. The molecule has 134 valence electrons. The van der Waals surface area contributed by atoms with E-state index in [1.54, 1.807) is 29.1 Å². The van der Waals surface area contributed by atoms with Gasteiger partial charge in [0.2, 0.25) is 0 Å². The third-order valence-electron chi connectivity index (χ3n) is 4.24. The van der Waals surface area contributed by atoms with Crippen molar-refractivity contribution in [3.05, 3.63) is 45.2 Å². The molecule has 1 aliphatic heterocycles. The van der Waals surface area contributed by atoms with Crippen LogP contribution in [0.1, 0.15) is 29.4 Å². The second-order valence-electron chi connectivity index (χ2n) is 6.08. The molecule has 2 aromatic rings. The number of nitrogens with one attached hydrogen (secondary N) is 1. The molecular formula is C16H18Cl2N4O2S. The van der Waals surface area contributed by atoms with Crippen molar-refractivity contribution in [3.8, 4) is 0 Å². The smallest absolute Gasteiger partial charge is 0.152 e. The van der Waals surface area contributed by atoms with Crippen LogP contribution in [-0.4, -0.2) is 35.9 Å². The molecule has 1 atom stereocenters. The van der Waals surface area contributed by atoms with Gasteiger partial charge in [-0.15, -0.1) is 0 Å². The zero-order valence-electron chi connectivity index (χ0n) is 13.8. The summed E-state index contributed by atoms with van der Waals surface area (Å²) in [5.74, 6) is 0.366. The Morgan fingerprint density at radius 3 is 2.72 bits per heavy atom. The van der Waals surface area contributed by atoms with Gasteiger partial charge in [-0.1, -0.05) is 23.2 Å². The molecule has 3 rings (SSSR count). The molecule has 1 fully saturated rings. The Bertz CT molecular complexity index is 938. The highest BCUT2D eigenvalue weighted by Crippen LogP contribution is 2.27. The second kappa shape index (κ2) is 6.97. The number of hydrazone groups is 1. The summed E-state index contributed by atoms with van der Waals surface area (Å²) < 4.78 is 25.2. The molecule has 0 saturated carbocycles. The van der Waals surface area contributed by atoms with Crippen LogP contribution in [0.5, 0.6) is 0 Å². The first-order valence-electron chi connectivity index (χ1n) is 7.77. The van der Waals surface area contributed by atoms with E-state index in [2.05, 4.69) is 15.6 Å². The molecule has 1 aromatic carbocycles. The lowest BCUT2D eigenvalue weighted by molar-refractivity contribution is 0.486. The average Bonchev–Trinajstić information content (AvgIpc) is 3.04. The molecule has 0 spiro atoms. The van der Waals surface area contributed by atoms with Crippen LogP contribution in [0.15, 0.2) is 23.3 Å². The number of aromatic nitrogens is 2. The molecule has 0 radical (unpaired) electrons. The molecule has 1 saturated heterocycles. The normalized spacial score (nSPS) is 19.6. The summed E-state index contributed by atoms with van der Waals surface area (Å²) in [7, 11) is -2.95. The number of halogens is 2. The Balaban J connectivity index is 1.77. The van der Waals surface area contributed by atoms with E-state index >= 15 is 0 Å². The van der Waals surface area contributed by atoms with E-state index < -0.39 is 9.84 Å². The maximum absolute atomic E-state index is 11.7. The number of sulfone groups is 1. The molecule has 6 nitrogen and oxygen atoms in total. The summed E-state index contributed by atoms with van der Waals surface area (Å²) >= 11 is 11.9. The highest BCUT2D eigenvalue weighted by atomic mass is 35.5. The van der Waals surface area contributed by atoms with E-state index in [0.717, 1.165) is 22.6 Å². The van der Waals surface area contributed by atoms with Crippen LogP contribution >= 0.6 is 23.2 Å². The van der Waals surface area contributed by atoms with Crippen molar-refractivity contribution in [2.24, 2.45) is 5.10 Å². The topological polar surface area (TPSA) is 76.3 Å². The van der Waals surface area contributed by atoms with Crippen LogP contribution in [0.4, 0.5) is 5.69 Å². The lowest BCUT2D eigenvalue weighted by atomic mass is 10.2. The molecule has 9 heteroatoms. The van der Waals surface area contributed by atoms with Crippen molar-refractivity contribution in [1.82, 2.24) is 9.78 Å². The molecule has 0 aliphatic carbocycles. The number of benzene rings is 1. The van der Waals surface area contributed by atoms with E-state index in [1.807, 2.05) is 13.8 Å². The van der Waals surface area contributed by atoms with Gasteiger partial charge in [0.05, 0.1) is 45.2 Å². The first-order chi connectivity index (χ1) is 11.8. The zero-order chi connectivity index (χ0) is 18.2. The maximum Gasteiger partial charge on any atom is 0.152 e. The predicted octanol–water partition coefficient (Wildman–Crippen LogP) is 3.61. The fourth-order valence-electron chi connectivity index (χ4n) is 2.92. The summed E-state index contributed by atoms with van der Waals surface area (Å²) in [5.41, 5.74) is 6.20.